The lowest BCUT2D eigenvalue weighted by Crippen LogP contribution is -2.30. The molecule has 2 aliphatic rings. The standard InChI is InChI=1S/C16H17NO4/c18-14-12-3-1-2-4-13(12)15(19)17(14)9-10-5-7-11(8-6-10)16(20)21/h5-8,12-13H,1-4,9H2,(H,20,21)/p-1/t12-,13-/m0/s1. The second-order valence-electron chi connectivity index (χ2n) is 5.74. The van der Waals surface area contributed by atoms with Gasteiger partial charge in [-0.15, -0.1) is 0 Å². The third-order valence-electron chi connectivity index (χ3n) is 4.46. The lowest BCUT2D eigenvalue weighted by Gasteiger charge is -2.19. The number of carboxylic acid groups (broad SMARTS) is 1. The van der Waals surface area contributed by atoms with Crippen molar-refractivity contribution in [3.63, 3.8) is 0 Å². The number of carbonyl (C=O) groups excluding carboxylic acids is 3. The van der Waals surface area contributed by atoms with E-state index in [1.165, 1.54) is 17.0 Å². The van der Waals surface area contributed by atoms with Crippen LogP contribution in [0.4, 0.5) is 0 Å². The van der Waals surface area contributed by atoms with Gasteiger partial charge in [-0.05, 0) is 24.0 Å². The average Bonchev–Trinajstić information content (AvgIpc) is 2.73. The molecule has 1 saturated carbocycles. The first-order valence-electron chi connectivity index (χ1n) is 7.23. The topological polar surface area (TPSA) is 77.5 Å². The third kappa shape index (κ3) is 2.44. The first kappa shape index (κ1) is 13.8. The summed E-state index contributed by atoms with van der Waals surface area (Å²) in [6.07, 6.45) is 3.62. The minimum absolute atomic E-state index is 0.0753. The zero-order chi connectivity index (χ0) is 15.0. The molecule has 0 unspecified atom stereocenters. The quantitative estimate of drug-likeness (QED) is 0.767. The maximum Gasteiger partial charge on any atom is 0.233 e. The van der Waals surface area contributed by atoms with Crippen molar-refractivity contribution >= 4 is 17.8 Å². The Morgan fingerprint density at radius 1 is 1.05 bits per heavy atom. The highest BCUT2D eigenvalue weighted by Crippen LogP contribution is 2.38. The number of aromatic carboxylic acids is 1. The SMILES string of the molecule is O=C([O-])c1ccc(CN2C(=O)[C@H]3CCCC[C@@H]3C2=O)cc1. The monoisotopic (exact) mass is 286 g/mol. The normalized spacial score (nSPS) is 25.0. The maximum atomic E-state index is 12.3. The van der Waals surface area contributed by atoms with Crippen molar-refractivity contribution in [2.75, 3.05) is 0 Å². The lowest BCUT2D eigenvalue weighted by atomic mass is 9.81. The third-order valence-corrected chi connectivity index (χ3v) is 4.46. The molecule has 5 nitrogen and oxygen atoms in total. The van der Waals surface area contributed by atoms with Crippen molar-refractivity contribution < 1.29 is 19.5 Å². The van der Waals surface area contributed by atoms with Gasteiger partial charge in [0.1, 0.15) is 0 Å². The molecular weight excluding hydrogens is 270 g/mol. The van der Waals surface area contributed by atoms with Gasteiger partial charge in [-0.3, -0.25) is 14.5 Å². The Hall–Kier alpha value is -2.17. The summed E-state index contributed by atoms with van der Waals surface area (Å²) in [5.74, 6) is -1.68. The molecule has 1 aliphatic carbocycles. The molecule has 1 heterocycles. The van der Waals surface area contributed by atoms with Crippen LogP contribution in [-0.2, 0) is 16.1 Å². The van der Waals surface area contributed by atoms with Crippen molar-refractivity contribution in [2.24, 2.45) is 11.8 Å². The number of carboxylic acids is 1. The van der Waals surface area contributed by atoms with Gasteiger partial charge in [0.15, 0.2) is 0 Å². The molecule has 1 aromatic carbocycles. The Morgan fingerprint density at radius 3 is 2.05 bits per heavy atom. The van der Waals surface area contributed by atoms with Crippen LogP contribution in [0.1, 0.15) is 41.6 Å². The summed E-state index contributed by atoms with van der Waals surface area (Å²) < 4.78 is 0. The number of likely N-dealkylation sites (tertiary alicyclic amines) is 1. The highest BCUT2D eigenvalue weighted by Gasteiger charge is 2.47. The van der Waals surface area contributed by atoms with Crippen LogP contribution < -0.4 is 5.11 Å². The summed E-state index contributed by atoms with van der Waals surface area (Å²) in [6, 6.07) is 6.10. The zero-order valence-electron chi connectivity index (χ0n) is 11.6. The first-order chi connectivity index (χ1) is 10.1. The molecule has 1 aliphatic heterocycles. The number of rotatable bonds is 3. The van der Waals surface area contributed by atoms with Crippen LogP contribution in [0.2, 0.25) is 0 Å². The first-order valence-corrected chi connectivity index (χ1v) is 7.23. The Kier molecular flexibility index (Phi) is 3.49. The van der Waals surface area contributed by atoms with Crippen LogP contribution in [0.3, 0.4) is 0 Å². The van der Waals surface area contributed by atoms with Crippen LogP contribution in [-0.4, -0.2) is 22.7 Å². The van der Waals surface area contributed by atoms with Gasteiger partial charge in [-0.1, -0.05) is 37.1 Å². The highest BCUT2D eigenvalue weighted by atomic mass is 16.4. The molecule has 0 aromatic heterocycles. The maximum absolute atomic E-state index is 12.3. The van der Waals surface area contributed by atoms with Gasteiger partial charge in [0.25, 0.3) is 0 Å². The van der Waals surface area contributed by atoms with Crippen molar-refractivity contribution in [1.29, 1.82) is 0 Å². The molecule has 2 amide bonds. The van der Waals surface area contributed by atoms with E-state index in [2.05, 4.69) is 0 Å². The molecule has 21 heavy (non-hydrogen) atoms. The summed E-state index contributed by atoms with van der Waals surface area (Å²) in [5, 5.41) is 10.7. The average molecular weight is 286 g/mol. The van der Waals surface area contributed by atoms with Gasteiger partial charge in [-0.2, -0.15) is 0 Å². The van der Waals surface area contributed by atoms with Crippen LogP contribution in [0.25, 0.3) is 0 Å². The number of carbonyl (C=O) groups is 3. The molecular formula is C16H16NO4-. The fourth-order valence-corrected chi connectivity index (χ4v) is 3.32. The van der Waals surface area contributed by atoms with E-state index in [0.29, 0.717) is 0 Å². The predicted octanol–water partition coefficient (Wildman–Crippen LogP) is 0.725. The van der Waals surface area contributed by atoms with E-state index in [1.807, 2.05) is 0 Å². The summed E-state index contributed by atoms with van der Waals surface area (Å²) in [7, 11) is 0. The number of imide groups is 1. The van der Waals surface area contributed by atoms with Crippen LogP contribution in [0.5, 0.6) is 0 Å². The second-order valence-corrected chi connectivity index (χ2v) is 5.74. The Bertz CT molecular complexity index is 569. The number of fused-ring (bicyclic) bond motifs is 1. The van der Waals surface area contributed by atoms with Crippen molar-refractivity contribution in [1.82, 2.24) is 4.90 Å². The van der Waals surface area contributed by atoms with E-state index in [0.717, 1.165) is 31.2 Å². The van der Waals surface area contributed by atoms with E-state index in [-0.39, 0.29) is 35.8 Å². The molecule has 0 spiro atoms. The van der Waals surface area contributed by atoms with E-state index in [9.17, 15) is 19.5 Å². The summed E-state index contributed by atoms with van der Waals surface area (Å²) in [5.41, 5.74) is 0.840. The summed E-state index contributed by atoms with van der Waals surface area (Å²) in [6.45, 7) is 0.220. The van der Waals surface area contributed by atoms with Gasteiger partial charge in [0.2, 0.25) is 11.8 Å². The predicted molar refractivity (Wildman–Crippen MR) is 71.8 cm³/mol. The summed E-state index contributed by atoms with van der Waals surface area (Å²) in [4.78, 5) is 36.7. The van der Waals surface area contributed by atoms with E-state index < -0.39 is 5.97 Å². The largest absolute Gasteiger partial charge is 0.545 e. The number of hydrogen-bond acceptors (Lipinski definition) is 4. The van der Waals surface area contributed by atoms with Crippen molar-refractivity contribution in [3.05, 3.63) is 35.4 Å². The molecule has 5 heteroatoms. The fraction of sp³-hybridized carbons (Fsp3) is 0.438. The molecule has 3 rings (SSSR count). The van der Waals surface area contributed by atoms with E-state index >= 15 is 0 Å². The van der Waals surface area contributed by atoms with Crippen LogP contribution in [0.15, 0.2) is 24.3 Å². The molecule has 0 bridgehead atoms. The van der Waals surface area contributed by atoms with E-state index in [1.54, 1.807) is 12.1 Å². The van der Waals surface area contributed by atoms with Gasteiger partial charge in [0.05, 0.1) is 24.3 Å². The molecule has 110 valence electrons. The molecule has 2 fully saturated rings. The van der Waals surface area contributed by atoms with E-state index in [4.69, 9.17) is 0 Å². The fourth-order valence-electron chi connectivity index (χ4n) is 3.32. The van der Waals surface area contributed by atoms with Gasteiger partial charge in [-0.25, -0.2) is 0 Å². The van der Waals surface area contributed by atoms with Gasteiger partial charge >= 0.3 is 0 Å². The molecule has 0 radical (unpaired) electrons. The summed E-state index contributed by atoms with van der Waals surface area (Å²) >= 11 is 0. The number of benzene rings is 1. The lowest BCUT2D eigenvalue weighted by molar-refractivity contribution is -0.255. The Balaban J connectivity index is 1.76. The van der Waals surface area contributed by atoms with Crippen molar-refractivity contribution in [3.8, 4) is 0 Å². The minimum atomic E-state index is -1.24. The Labute approximate surface area is 122 Å². The van der Waals surface area contributed by atoms with Gasteiger partial charge < -0.3 is 9.90 Å². The number of amides is 2. The highest BCUT2D eigenvalue weighted by molar-refractivity contribution is 6.05. The van der Waals surface area contributed by atoms with Crippen LogP contribution >= 0.6 is 0 Å². The second kappa shape index (κ2) is 5.31. The smallest absolute Gasteiger partial charge is 0.233 e. The number of nitrogens with zero attached hydrogens (tertiary/aromatic N) is 1. The molecule has 1 saturated heterocycles. The van der Waals surface area contributed by atoms with Gasteiger partial charge in [0, 0.05) is 0 Å². The van der Waals surface area contributed by atoms with Crippen molar-refractivity contribution in [2.45, 2.75) is 32.2 Å². The molecule has 0 N–H and O–H groups in total. The van der Waals surface area contributed by atoms with Crippen LogP contribution in [0, 0.1) is 11.8 Å². The zero-order valence-corrected chi connectivity index (χ0v) is 11.6. The Morgan fingerprint density at radius 2 is 1.57 bits per heavy atom. The molecule has 2 atom stereocenters. The molecule has 1 aromatic rings. The number of hydrogen-bond donors (Lipinski definition) is 0. The minimum Gasteiger partial charge on any atom is -0.545 e.